The first kappa shape index (κ1) is 22.4. The molecule has 2 N–H and O–H groups in total. The molecule has 1 fully saturated rings. The zero-order chi connectivity index (χ0) is 22.7. The van der Waals surface area contributed by atoms with Gasteiger partial charge in [0.2, 0.25) is 5.91 Å². The summed E-state index contributed by atoms with van der Waals surface area (Å²) in [6.45, 7) is 3.34. The van der Waals surface area contributed by atoms with Gasteiger partial charge in [0.05, 0.1) is 11.7 Å². The molecule has 4 rings (SSSR count). The minimum atomic E-state index is -4.32. The number of aryl methyl sites for hydroxylation is 1. The third kappa shape index (κ3) is 5.49. The van der Waals surface area contributed by atoms with Gasteiger partial charge < -0.3 is 15.3 Å². The number of carbonyl (C=O) groups is 1. The molecule has 1 saturated heterocycles. The number of amides is 1. The molecule has 0 radical (unpaired) electrons. The Morgan fingerprint density at radius 3 is 2.44 bits per heavy atom. The Hall–Kier alpha value is -2.84. The molecule has 0 unspecified atom stereocenters. The second-order valence-corrected chi connectivity index (χ2v) is 8.22. The first-order chi connectivity index (χ1) is 15.3. The number of alkyl halides is 3. The van der Waals surface area contributed by atoms with Gasteiger partial charge in [-0.15, -0.1) is 0 Å². The van der Waals surface area contributed by atoms with E-state index in [4.69, 9.17) is 0 Å². The maximum absolute atomic E-state index is 12.7. The highest BCUT2D eigenvalue weighted by Crippen LogP contribution is 2.30. The maximum Gasteiger partial charge on any atom is 0.416 e. The molecule has 2 aromatic carbocycles. The maximum atomic E-state index is 12.7. The van der Waals surface area contributed by atoms with Crippen molar-refractivity contribution in [2.75, 3.05) is 42.9 Å². The van der Waals surface area contributed by atoms with E-state index in [-0.39, 0.29) is 5.91 Å². The zero-order valence-corrected chi connectivity index (χ0v) is 17.6. The van der Waals surface area contributed by atoms with Gasteiger partial charge in [0.1, 0.15) is 0 Å². The molecule has 2 aliphatic rings. The van der Waals surface area contributed by atoms with E-state index in [0.717, 1.165) is 47.7 Å². The van der Waals surface area contributed by atoms with E-state index in [1.165, 1.54) is 12.1 Å². The van der Waals surface area contributed by atoms with Crippen molar-refractivity contribution in [2.24, 2.45) is 0 Å². The normalized spacial score (nSPS) is 18.5. The first-order valence-corrected chi connectivity index (χ1v) is 10.7. The van der Waals surface area contributed by atoms with Crippen LogP contribution in [0.5, 0.6) is 0 Å². The van der Waals surface area contributed by atoms with E-state index in [9.17, 15) is 23.1 Å². The number of rotatable bonds is 5. The number of carbonyl (C=O) groups excluding carboxylic acids is 1. The summed E-state index contributed by atoms with van der Waals surface area (Å²) in [5.41, 5.74) is 3.07. The van der Waals surface area contributed by atoms with Crippen molar-refractivity contribution in [3.8, 4) is 0 Å². The SMILES string of the molecule is O=C1CCc2cc(C=C[C@@H](O)CN3CCN(c4ccc(C(F)(F)F)cc4)CC3)ccc2N1. The molecule has 0 bridgehead atoms. The van der Waals surface area contributed by atoms with Crippen molar-refractivity contribution in [3.05, 3.63) is 65.2 Å². The van der Waals surface area contributed by atoms with Crippen molar-refractivity contribution >= 4 is 23.4 Å². The number of nitrogens with zero attached hydrogens (tertiary/aromatic N) is 2. The fourth-order valence-electron chi connectivity index (χ4n) is 4.10. The van der Waals surface area contributed by atoms with Gasteiger partial charge in [0.15, 0.2) is 0 Å². The Balaban J connectivity index is 1.26. The van der Waals surface area contributed by atoms with Gasteiger partial charge in [-0.3, -0.25) is 9.69 Å². The molecule has 5 nitrogen and oxygen atoms in total. The van der Waals surface area contributed by atoms with E-state index in [0.29, 0.717) is 32.5 Å². The predicted molar refractivity (Wildman–Crippen MR) is 119 cm³/mol. The Bertz CT molecular complexity index is 981. The zero-order valence-electron chi connectivity index (χ0n) is 17.6. The van der Waals surface area contributed by atoms with Gasteiger partial charge in [-0.25, -0.2) is 0 Å². The second kappa shape index (κ2) is 9.34. The predicted octanol–water partition coefficient (Wildman–Crippen LogP) is 3.79. The molecule has 2 heterocycles. The van der Waals surface area contributed by atoms with Gasteiger partial charge in [-0.05, 0) is 53.9 Å². The number of β-amino-alcohol motifs (C(OH)–C–C–N with tert-alkyl or cyclic N) is 1. The quantitative estimate of drug-likeness (QED) is 0.736. The number of nitrogens with one attached hydrogen (secondary N) is 1. The van der Waals surface area contributed by atoms with Crippen molar-refractivity contribution in [2.45, 2.75) is 25.1 Å². The van der Waals surface area contributed by atoms with Crippen LogP contribution >= 0.6 is 0 Å². The number of fused-ring (bicyclic) bond motifs is 1. The molecule has 1 amide bonds. The Kier molecular flexibility index (Phi) is 6.53. The highest BCUT2D eigenvalue weighted by atomic mass is 19.4. The fraction of sp³-hybridized carbons (Fsp3) is 0.375. The summed E-state index contributed by atoms with van der Waals surface area (Å²) in [5, 5.41) is 13.3. The molecule has 8 heteroatoms. The summed E-state index contributed by atoms with van der Waals surface area (Å²) in [5.74, 6) is 0.0367. The summed E-state index contributed by atoms with van der Waals surface area (Å²) in [7, 11) is 0. The van der Waals surface area contributed by atoms with E-state index in [1.807, 2.05) is 24.3 Å². The van der Waals surface area contributed by atoms with E-state index < -0.39 is 17.8 Å². The monoisotopic (exact) mass is 445 g/mol. The van der Waals surface area contributed by atoms with Crippen LogP contribution in [0.25, 0.3) is 6.08 Å². The molecule has 0 aliphatic carbocycles. The Morgan fingerprint density at radius 1 is 1.03 bits per heavy atom. The number of aliphatic hydroxyl groups excluding tert-OH is 1. The van der Waals surface area contributed by atoms with E-state index in [2.05, 4.69) is 15.1 Å². The van der Waals surface area contributed by atoms with Crippen LogP contribution in [0.3, 0.4) is 0 Å². The number of halogens is 3. The van der Waals surface area contributed by atoms with Crippen molar-refractivity contribution in [3.63, 3.8) is 0 Å². The summed E-state index contributed by atoms with van der Waals surface area (Å²) >= 11 is 0. The first-order valence-electron chi connectivity index (χ1n) is 10.7. The van der Waals surface area contributed by atoms with Crippen LogP contribution in [0.2, 0.25) is 0 Å². The van der Waals surface area contributed by atoms with Gasteiger partial charge in [0.25, 0.3) is 0 Å². The molecule has 2 aromatic rings. The number of hydrogen-bond acceptors (Lipinski definition) is 4. The molecule has 0 aromatic heterocycles. The van der Waals surface area contributed by atoms with Crippen LogP contribution in [0.1, 0.15) is 23.1 Å². The summed E-state index contributed by atoms with van der Waals surface area (Å²) < 4.78 is 38.2. The van der Waals surface area contributed by atoms with Crippen LogP contribution in [0.15, 0.2) is 48.5 Å². The van der Waals surface area contributed by atoms with Crippen LogP contribution in [0.4, 0.5) is 24.5 Å². The van der Waals surface area contributed by atoms with Crippen LogP contribution in [-0.4, -0.2) is 54.7 Å². The number of anilines is 2. The molecule has 0 spiro atoms. The molecule has 170 valence electrons. The van der Waals surface area contributed by atoms with E-state index in [1.54, 1.807) is 6.08 Å². The minimum absolute atomic E-state index is 0.0367. The number of aliphatic hydroxyl groups is 1. The van der Waals surface area contributed by atoms with Crippen molar-refractivity contribution < 1.29 is 23.1 Å². The van der Waals surface area contributed by atoms with Crippen LogP contribution in [0, 0.1) is 0 Å². The van der Waals surface area contributed by atoms with E-state index >= 15 is 0 Å². The molecule has 2 aliphatic heterocycles. The van der Waals surface area contributed by atoms with Gasteiger partial charge >= 0.3 is 6.18 Å². The van der Waals surface area contributed by atoms with Gasteiger partial charge in [-0.1, -0.05) is 18.2 Å². The smallest absolute Gasteiger partial charge is 0.388 e. The summed E-state index contributed by atoms with van der Waals surface area (Å²) in [4.78, 5) is 15.7. The fourth-order valence-corrected chi connectivity index (χ4v) is 4.10. The second-order valence-electron chi connectivity index (χ2n) is 8.22. The number of piperazine rings is 1. The highest BCUT2D eigenvalue weighted by Gasteiger charge is 2.30. The Morgan fingerprint density at radius 2 is 1.75 bits per heavy atom. The Labute approximate surface area is 185 Å². The number of hydrogen-bond donors (Lipinski definition) is 2. The lowest BCUT2D eigenvalue weighted by atomic mass is 10.00. The standard InChI is InChI=1S/C24H26F3N3O2/c25-24(26,27)19-4-6-20(7-5-19)30-13-11-29(12-14-30)16-21(31)8-1-17-2-9-22-18(15-17)3-10-23(32)28-22/h1-2,4-9,15,21,31H,3,10-14,16H2,(H,28,32)/t21-/m1/s1. The minimum Gasteiger partial charge on any atom is -0.388 e. The molecule has 1 atom stereocenters. The largest absolute Gasteiger partial charge is 0.416 e. The third-order valence-electron chi connectivity index (χ3n) is 5.91. The highest BCUT2D eigenvalue weighted by molar-refractivity contribution is 5.94. The lowest BCUT2D eigenvalue weighted by Crippen LogP contribution is -2.48. The molecular formula is C24H26F3N3O2. The lowest BCUT2D eigenvalue weighted by molar-refractivity contribution is -0.137. The lowest BCUT2D eigenvalue weighted by Gasteiger charge is -2.36. The van der Waals surface area contributed by atoms with Crippen LogP contribution < -0.4 is 10.2 Å². The molecular weight excluding hydrogens is 419 g/mol. The average molecular weight is 445 g/mol. The summed E-state index contributed by atoms with van der Waals surface area (Å²) in [6.07, 6.45) is -0.0832. The van der Waals surface area contributed by atoms with Gasteiger partial charge in [-0.2, -0.15) is 13.2 Å². The summed E-state index contributed by atoms with van der Waals surface area (Å²) in [6, 6.07) is 11.1. The van der Waals surface area contributed by atoms with Gasteiger partial charge in [0, 0.05) is 50.5 Å². The van der Waals surface area contributed by atoms with Crippen LogP contribution in [-0.2, 0) is 17.4 Å². The average Bonchev–Trinajstić information content (AvgIpc) is 2.78. The van der Waals surface area contributed by atoms with Crippen molar-refractivity contribution in [1.29, 1.82) is 0 Å². The molecule has 32 heavy (non-hydrogen) atoms. The molecule has 0 saturated carbocycles. The van der Waals surface area contributed by atoms with Crippen molar-refractivity contribution in [1.82, 2.24) is 4.90 Å². The topological polar surface area (TPSA) is 55.8 Å². The number of benzene rings is 2. The third-order valence-corrected chi connectivity index (χ3v) is 5.91.